The summed E-state index contributed by atoms with van der Waals surface area (Å²) in [4.78, 5) is 13.6. The van der Waals surface area contributed by atoms with Crippen molar-refractivity contribution in [2.24, 2.45) is 0 Å². The number of halogens is 2. The van der Waals surface area contributed by atoms with E-state index < -0.39 is 11.6 Å². The highest BCUT2D eigenvalue weighted by Crippen LogP contribution is 2.24. The van der Waals surface area contributed by atoms with Crippen molar-refractivity contribution in [2.75, 3.05) is 10.6 Å². The van der Waals surface area contributed by atoms with Crippen molar-refractivity contribution in [2.45, 2.75) is 44.7 Å². The third kappa shape index (κ3) is 5.04. The predicted molar refractivity (Wildman–Crippen MR) is 109 cm³/mol. The lowest BCUT2D eigenvalue weighted by molar-refractivity contribution is 0.461. The molecule has 5 nitrogen and oxygen atoms in total. The molecule has 0 aliphatic heterocycles. The maximum absolute atomic E-state index is 13.5. The lowest BCUT2D eigenvalue weighted by atomic mass is 9.96. The molecule has 2 N–H and O–H groups in total. The van der Waals surface area contributed by atoms with Gasteiger partial charge in [0.1, 0.15) is 5.82 Å². The molecule has 0 atom stereocenters. The normalized spacial score (nSPS) is 14.6. The lowest BCUT2D eigenvalue weighted by Gasteiger charge is -2.23. The molecule has 0 unspecified atom stereocenters. The quantitative estimate of drug-likeness (QED) is 0.603. The molecule has 1 aromatic carbocycles. The molecule has 4 rings (SSSR count). The minimum absolute atomic E-state index is 0.318. The Kier molecular flexibility index (Phi) is 5.93. The van der Waals surface area contributed by atoms with Crippen LogP contribution in [0.5, 0.6) is 0 Å². The average molecular weight is 395 g/mol. The van der Waals surface area contributed by atoms with Crippen molar-refractivity contribution in [3.63, 3.8) is 0 Å². The van der Waals surface area contributed by atoms with Gasteiger partial charge in [0, 0.05) is 24.8 Å². The first-order chi connectivity index (χ1) is 14.2. The fourth-order valence-corrected chi connectivity index (χ4v) is 3.52. The van der Waals surface area contributed by atoms with Gasteiger partial charge in [-0.15, -0.1) is 0 Å². The van der Waals surface area contributed by atoms with Crippen LogP contribution in [0, 0.1) is 11.6 Å². The molecule has 0 spiro atoms. The number of pyridine rings is 1. The second kappa shape index (κ2) is 8.94. The van der Waals surface area contributed by atoms with E-state index in [2.05, 4.69) is 25.6 Å². The molecule has 3 aromatic rings. The van der Waals surface area contributed by atoms with E-state index in [1.165, 1.54) is 25.3 Å². The number of aromatic nitrogens is 3. The van der Waals surface area contributed by atoms with Crippen LogP contribution in [-0.4, -0.2) is 21.0 Å². The van der Waals surface area contributed by atoms with Crippen LogP contribution in [0.1, 0.15) is 37.7 Å². The fourth-order valence-electron chi connectivity index (χ4n) is 3.52. The summed E-state index contributed by atoms with van der Waals surface area (Å²) in [5.41, 5.74) is 2.08. The molecule has 0 bridgehead atoms. The Bertz CT molecular complexity index is 959. The molecule has 150 valence electrons. The molecular weight excluding hydrogens is 372 g/mol. The Hall–Kier alpha value is -3.09. The van der Waals surface area contributed by atoms with Gasteiger partial charge < -0.3 is 10.6 Å². The van der Waals surface area contributed by atoms with Crippen molar-refractivity contribution in [3.8, 4) is 11.4 Å². The maximum atomic E-state index is 13.5. The second-order valence-corrected chi connectivity index (χ2v) is 7.26. The van der Waals surface area contributed by atoms with Crippen LogP contribution >= 0.6 is 0 Å². The molecule has 2 heterocycles. The first-order valence-corrected chi connectivity index (χ1v) is 9.92. The van der Waals surface area contributed by atoms with Crippen molar-refractivity contribution in [3.05, 3.63) is 65.9 Å². The van der Waals surface area contributed by atoms with Gasteiger partial charge in [-0.25, -0.2) is 13.8 Å². The number of hydrogen-bond donors (Lipinski definition) is 2. The largest absolute Gasteiger partial charge is 0.366 e. The fraction of sp³-hybridized carbons (Fsp3) is 0.318. The molecule has 1 aliphatic carbocycles. The van der Waals surface area contributed by atoms with Crippen LogP contribution in [0.2, 0.25) is 0 Å². The Labute approximate surface area is 168 Å². The lowest BCUT2D eigenvalue weighted by Crippen LogP contribution is -2.23. The van der Waals surface area contributed by atoms with Crippen molar-refractivity contribution >= 4 is 11.8 Å². The van der Waals surface area contributed by atoms with Gasteiger partial charge in [0.25, 0.3) is 0 Å². The summed E-state index contributed by atoms with van der Waals surface area (Å²) < 4.78 is 26.6. The topological polar surface area (TPSA) is 62.7 Å². The van der Waals surface area contributed by atoms with Gasteiger partial charge in [0.05, 0.1) is 11.4 Å². The van der Waals surface area contributed by atoms with Crippen molar-refractivity contribution in [1.29, 1.82) is 0 Å². The highest BCUT2D eigenvalue weighted by molar-refractivity contribution is 5.61. The molecule has 1 fully saturated rings. The number of hydrogen-bond acceptors (Lipinski definition) is 5. The zero-order valence-electron chi connectivity index (χ0n) is 16.0. The summed E-state index contributed by atoms with van der Waals surface area (Å²) in [5, 5.41) is 6.63. The second-order valence-electron chi connectivity index (χ2n) is 7.26. The average Bonchev–Trinajstić information content (AvgIpc) is 2.76. The summed E-state index contributed by atoms with van der Waals surface area (Å²) in [6.45, 7) is 0.318. The van der Waals surface area contributed by atoms with E-state index in [9.17, 15) is 8.78 Å². The van der Waals surface area contributed by atoms with E-state index in [1.807, 2.05) is 24.3 Å². The zero-order chi connectivity index (χ0) is 20.1. The Morgan fingerprint density at radius 2 is 1.76 bits per heavy atom. The minimum atomic E-state index is -0.860. The van der Waals surface area contributed by atoms with Crippen LogP contribution in [0.4, 0.5) is 20.5 Å². The number of rotatable bonds is 6. The minimum Gasteiger partial charge on any atom is -0.366 e. The summed E-state index contributed by atoms with van der Waals surface area (Å²) in [6, 6.07) is 11.7. The highest BCUT2D eigenvalue weighted by atomic mass is 19.2. The Morgan fingerprint density at radius 1 is 0.897 bits per heavy atom. The molecule has 1 aliphatic rings. The van der Waals surface area contributed by atoms with E-state index in [0.717, 1.165) is 24.6 Å². The van der Waals surface area contributed by atoms with Crippen LogP contribution < -0.4 is 10.6 Å². The van der Waals surface area contributed by atoms with Gasteiger partial charge in [-0.05, 0) is 42.7 Å². The van der Waals surface area contributed by atoms with Crippen LogP contribution in [0.25, 0.3) is 11.4 Å². The van der Waals surface area contributed by atoms with Crippen LogP contribution in [0.3, 0.4) is 0 Å². The van der Waals surface area contributed by atoms with Crippen molar-refractivity contribution < 1.29 is 8.78 Å². The standard InChI is InChI=1S/C22H23F2N5/c23-17-10-9-15(12-18(17)24)14-26-21-13-20(19-8-4-5-11-25-19)28-22(29-21)27-16-6-2-1-3-7-16/h4-5,8-13,16H,1-3,6-7,14H2,(H2,26,27,28,29). The van der Waals surface area contributed by atoms with Gasteiger partial charge in [-0.2, -0.15) is 4.98 Å². The van der Waals surface area contributed by atoms with Gasteiger partial charge in [-0.3, -0.25) is 4.98 Å². The first kappa shape index (κ1) is 19.2. The Morgan fingerprint density at radius 3 is 2.52 bits per heavy atom. The van der Waals surface area contributed by atoms with Gasteiger partial charge in [0.2, 0.25) is 5.95 Å². The number of anilines is 2. The van der Waals surface area contributed by atoms with Crippen LogP contribution in [0.15, 0.2) is 48.7 Å². The summed E-state index contributed by atoms with van der Waals surface area (Å²) in [7, 11) is 0. The van der Waals surface area contributed by atoms with Crippen molar-refractivity contribution in [1.82, 2.24) is 15.0 Å². The third-order valence-corrected chi connectivity index (χ3v) is 5.05. The first-order valence-electron chi connectivity index (χ1n) is 9.92. The number of nitrogens with one attached hydrogen (secondary N) is 2. The predicted octanol–water partition coefficient (Wildman–Crippen LogP) is 5.17. The number of nitrogens with zero attached hydrogens (tertiary/aromatic N) is 3. The van der Waals surface area contributed by atoms with E-state index >= 15 is 0 Å². The monoisotopic (exact) mass is 395 g/mol. The maximum Gasteiger partial charge on any atom is 0.225 e. The molecule has 2 aromatic heterocycles. The summed E-state index contributed by atoms with van der Waals surface area (Å²) in [5.74, 6) is -0.565. The molecule has 0 radical (unpaired) electrons. The van der Waals surface area contributed by atoms with Gasteiger partial charge in [-0.1, -0.05) is 31.4 Å². The van der Waals surface area contributed by atoms with Crippen LogP contribution in [-0.2, 0) is 6.54 Å². The molecule has 0 amide bonds. The van der Waals surface area contributed by atoms with E-state index in [-0.39, 0.29) is 0 Å². The number of benzene rings is 1. The zero-order valence-corrected chi connectivity index (χ0v) is 16.0. The van der Waals surface area contributed by atoms with Gasteiger partial charge >= 0.3 is 0 Å². The Balaban J connectivity index is 1.57. The van der Waals surface area contributed by atoms with Gasteiger partial charge in [0.15, 0.2) is 11.6 Å². The molecule has 29 heavy (non-hydrogen) atoms. The third-order valence-electron chi connectivity index (χ3n) is 5.05. The molecule has 0 saturated heterocycles. The summed E-state index contributed by atoms with van der Waals surface area (Å²) >= 11 is 0. The highest BCUT2D eigenvalue weighted by Gasteiger charge is 2.16. The molecule has 1 saturated carbocycles. The SMILES string of the molecule is Fc1ccc(CNc2cc(-c3ccccn3)nc(NC3CCCCC3)n2)cc1F. The molecular formula is C22H23F2N5. The summed E-state index contributed by atoms with van der Waals surface area (Å²) in [6.07, 6.45) is 7.62. The molecule has 7 heteroatoms. The van der Waals surface area contributed by atoms with E-state index in [1.54, 1.807) is 12.3 Å². The van der Waals surface area contributed by atoms with E-state index in [4.69, 9.17) is 0 Å². The van der Waals surface area contributed by atoms with E-state index in [0.29, 0.717) is 35.6 Å². The smallest absolute Gasteiger partial charge is 0.225 e.